The Morgan fingerprint density at radius 1 is 0.905 bits per heavy atom. The summed E-state index contributed by atoms with van der Waals surface area (Å²) in [6.45, 7) is 0. The van der Waals surface area contributed by atoms with Crippen molar-refractivity contribution in [2.24, 2.45) is 0 Å². The molecule has 0 radical (unpaired) electrons. The third-order valence-corrected chi connectivity index (χ3v) is 3.59. The Morgan fingerprint density at radius 2 is 1.67 bits per heavy atom. The molecule has 6 heteroatoms. The summed E-state index contributed by atoms with van der Waals surface area (Å²) in [4.78, 5) is 8.32. The first-order valence-corrected chi connectivity index (χ1v) is 7.19. The molecule has 0 fully saturated rings. The zero-order valence-corrected chi connectivity index (χ0v) is 12.2. The molecule has 1 aromatic heterocycles. The number of aromatic nitrogens is 2. The first kappa shape index (κ1) is 14.0. The quantitative estimate of drug-likeness (QED) is 0.629. The van der Waals surface area contributed by atoms with Gasteiger partial charge in [0.2, 0.25) is 0 Å². The second-order valence-corrected chi connectivity index (χ2v) is 4.92. The topological polar surface area (TPSA) is 25.8 Å². The van der Waals surface area contributed by atoms with Crippen LogP contribution in [0.25, 0.3) is 22.3 Å². The molecular weight excluding hydrogens is 345 g/mol. The zero-order chi connectivity index (χ0) is 15.0. The molecule has 0 spiro atoms. The maximum atomic E-state index is 13.9. The summed E-state index contributed by atoms with van der Waals surface area (Å²) in [5, 5.41) is 0.318. The van der Waals surface area contributed by atoms with E-state index in [1.54, 1.807) is 12.1 Å². The van der Waals surface area contributed by atoms with Gasteiger partial charge in [0.05, 0.1) is 16.9 Å². The number of fused-ring (bicyclic) bond motifs is 1. The van der Waals surface area contributed by atoms with E-state index in [4.69, 9.17) is 0 Å². The SMILES string of the molecule is Fc1ccccc1-c1nc2c(F)c(F)ccc2nc1CBr. The predicted octanol–water partition coefficient (Wildman–Crippen LogP) is 4.61. The summed E-state index contributed by atoms with van der Waals surface area (Å²) in [5.74, 6) is -2.59. The Hall–Kier alpha value is -1.95. The van der Waals surface area contributed by atoms with Gasteiger partial charge in [-0.2, -0.15) is 0 Å². The van der Waals surface area contributed by atoms with Gasteiger partial charge in [-0.3, -0.25) is 0 Å². The van der Waals surface area contributed by atoms with Gasteiger partial charge in [0.15, 0.2) is 11.6 Å². The molecule has 0 atom stereocenters. The van der Waals surface area contributed by atoms with Crippen molar-refractivity contribution in [2.75, 3.05) is 0 Å². The van der Waals surface area contributed by atoms with Crippen molar-refractivity contribution >= 4 is 27.0 Å². The van der Waals surface area contributed by atoms with Gasteiger partial charge in [-0.15, -0.1) is 0 Å². The molecule has 1 heterocycles. The maximum absolute atomic E-state index is 13.9. The number of halogens is 4. The van der Waals surface area contributed by atoms with E-state index in [-0.39, 0.29) is 22.3 Å². The van der Waals surface area contributed by atoms with Crippen LogP contribution in [0.5, 0.6) is 0 Å². The van der Waals surface area contributed by atoms with E-state index in [1.165, 1.54) is 18.2 Å². The minimum atomic E-state index is -1.08. The highest BCUT2D eigenvalue weighted by molar-refractivity contribution is 9.08. The van der Waals surface area contributed by atoms with Gasteiger partial charge >= 0.3 is 0 Å². The van der Waals surface area contributed by atoms with Gasteiger partial charge in [-0.25, -0.2) is 23.1 Å². The zero-order valence-electron chi connectivity index (χ0n) is 10.6. The number of benzene rings is 2. The van der Waals surface area contributed by atoms with Crippen LogP contribution in [-0.4, -0.2) is 9.97 Å². The van der Waals surface area contributed by atoms with Gasteiger partial charge in [-0.1, -0.05) is 28.1 Å². The van der Waals surface area contributed by atoms with Gasteiger partial charge in [-0.05, 0) is 24.3 Å². The fraction of sp³-hybridized carbons (Fsp3) is 0.0667. The average Bonchev–Trinajstić information content (AvgIpc) is 2.50. The summed E-state index contributed by atoms with van der Waals surface area (Å²) in [6.07, 6.45) is 0. The Bertz CT molecular complexity index is 837. The van der Waals surface area contributed by atoms with Crippen LogP contribution in [0.2, 0.25) is 0 Å². The lowest BCUT2D eigenvalue weighted by Gasteiger charge is -2.09. The van der Waals surface area contributed by atoms with Crippen molar-refractivity contribution < 1.29 is 13.2 Å². The minimum Gasteiger partial charge on any atom is -0.248 e. The number of alkyl halides is 1. The Labute approximate surface area is 126 Å². The van der Waals surface area contributed by atoms with Crippen molar-refractivity contribution in [3.63, 3.8) is 0 Å². The van der Waals surface area contributed by atoms with Gasteiger partial charge in [0.1, 0.15) is 11.3 Å². The van der Waals surface area contributed by atoms with Crippen LogP contribution < -0.4 is 0 Å². The Balaban J connectivity index is 2.36. The van der Waals surface area contributed by atoms with Gasteiger partial charge in [0, 0.05) is 10.9 Å². The predicted molar refractivity (Wildman–Crippen MR) is 77.5 cm³/mol. The summed E-state index contributed by atoms with van der Waals surface area (Å²) in [5.41, 5.74) is 0.868. The smallest absolute Gasteiger partial charge is 0.186 e. The van der Waals surface area contributed by atoms with Crippen molar-refractivity contribution in [3.05, 3.63) is 59.5 Å². The normalized spacial score (nSPS) is 11.0. The van der Waals surface area contributed by atoms with Crippen molar-refractivity contribution in [2.45, 2.75) is 5.33 Å². The largest absolute Gasteiger partial charge is 0.248 e. The summed E-state index contributed by atoms with van der Waals surface area (Å²) >= 11 is 3.26. The number of nitrogens with zero attached hydrogens (tertiary/aromatic N) is 2. The van der Waals surface area contributed by atoms with Crippen LogP contribution in [0.3, 0.4) is 0 Å². The average molecular weight is 353 g/mol. The second kappa shape index (κ2) is 5.44. The molecule has 0 unspecified atom stereocenters. The molecule has 106 valence electrons. The van der Waals surface area contributed by atoms with Crippen LogP contribution in [0.4, 0.5) is 13.2 Å². The van der Waals surface area contributed by atoms with E-state index in [9.17, 15) is 13.2 Å². The lowest BCUT2D eigenvalue weighted by Crippen LogP contribution is -2.01. The van der Waals surface area contributed by atoms with Crippen LogP contribution in [0, 0.1) is 17.5 Å². The number of hydrogen-bond acceptors (Lipinski definition) is 2. The first-order chi connectivity index (χ1) is 10.1. The highest BCUT2D eigenvalue weighted by atomic mass is 79.9. The molecule has 0 saturated carbocycles. The molecule has 0 aliphatic carbocycles. The highest BCUT2D eigenvalue weighted by Gasteiger charge is 2.17. The monoisotopic (exact) mass is 352 g/mol. The van der Waals surface area contributed by atoms with E-state index in [0.29, 0.717) is 11.0 Å². The van der Waals surface area contributed by atoms with E-state index < -0.39 is 17.5 Å². The summed E-state index contributed by atoms with van der Waals surface area (Å²) < 4.78 is 41.1. The Morgan fingerprint density at radius 3 is 2.38 bits per heavy atom. The van der Waals surface area contributed by atoms with E-state index in [2.05, 4.69) is 25.9 Å². The summed E-state index contributed by atoms with van der Waals surface area (Å²) in [6, 6.07) is 8.33. The standard InChI is InChI=1S/C15H8BrF3N2/c16-7-12-14(8-3-1-2-4-9(8)17)21-15-11(20-12)6-5-10(18)13(15)19/h1-6H,7H2. The third kappa shape index (κ3) is 2.40. The van der Waals surface area contributed by atoms with E-state index in [0.717, 1.165) is 6.07 Å². The molecule has 0 aliphatic rings. The molecule has 0 amide bonds. The molecular formula is C15H8BrF3N2. The molecule has 0 bridgehead atoms. The fourth-order valence-electron chi connectivity index (χ4n) is 2.06. The molecule has 0 saturated heterocycles. The molecule has 0 N–H and O–H groups in total. The second-order valence-electron chi connectivity index (χ2n) is 4.36. The van der Waals surface area contributed by atoms with Crippen LogP contribution in [0.15, 0.2) is 36.4 Å². The Kier molecular flexibility index (Phi) is 3.63. The van der Waals surface area contributed by atoms with Crippen molar-refractivity contribution in [1.82, 2.24) is 9.97 Å². The lowest BCUT2D eigenvalue weighted by atomic mass is 10.1. The minimum absolute atomic E-state index is 0.196. The van der Waals surface area contributed by atoms with Crippen LogP contribution in [-0.2, 0) is 5.33 Å². The third-order valence-electron chi connectivity index (χ3n) is 3.06. The van der Waals surface area contributed by atoms with Crippen molar-refractivity contribution in [1.29, 1.82) is 0 Å². The number of rotatable bonds is 2. The van der Waals surface area contributed by atoms with Crippen molar-refractivity contribution in [3.8, 4) is 11.3 Å². The summed E-state index contributed by atoms with van der Waals surface area (Å²) in [7, 11) is 0. The fourth-order valence-corrected chi connectivity index (χ4v) is 2.45. The van der Waals surface area contributed by atoms with Gasteiger partial charge in [0.25, 0.3) is 0 Å². The highest BCUT2D eigenvalue weighted by Crippen LogP contribution is 2.28. The molecule has 2 aromatic carbocycles. The van der Waals surface area contributed by atoms with Crippen LogP contribution >= 0.6 is 15.9 Å². The van der Waals surface area contributed by atoms with E-state index >= 15 is 0 Å². The molecule has 2 nitrogen and oxygen atoms in total. The number of hydrogen-bond donors (Lipinski definition) is 0. The van der Waals surface area contributed by atoms with Gasteiger partial charge < -0.3 is 0 Å². The maximum Gasteiger partial charge on any atom is 0.186 e. The molecule has 0 aliphatic heterocycles. The van der Waals surface area contributed by atoms with E-state index in [1.807, 2.05) is 0 Å². The lowest BCUT2D eigenvalue weighted by molar-refractivity contribution is 0.515. The molecule has 21 heavy (non-hydrogen) atoms. The molecule has 3 aromatic rings. The van der Waals surface area contributed by atoms with Crippen LogP contribution in [0.1, 0.15) is 5.69 Å². The first-order valence-electron chi connectivity index (χ1n) is 6.07. The molecule has 3 rings (SSSR count).